The predicted octanol–water partition coefficient (Wildman–Crippen LogP) is 4.47. The van der Waals surface area contributed by atoms with Gasteiger partial charge in [-0.1, -0.05) is 37.6 Å². The lowest BCUT2D eigenvalue weighted by atomic mass is 10.1. The van der Waals surface area contributed by atoms with E-state index in [4.69, 9.17) is 16.3 Å². The van der Waals surface area contributed by atoms with Crippen molar-refractivity contribution >= 4 is 39.1 Å². The summed E-state index contributed by atoms with van der Waals surface area (Å²) in [5.41, 5.74) is -0.985. The van der Waals surface area contributed by atoms with Crippen molar-refractivity contribution in [3.05, 3.63) is 58.6 Å². The number of rotatable bonds is 12. The van der Waals surface area contributed by atoms with Gasteiger partial charge >= 0.3 is 6.18 Å². The van der Waals surface area contributed by atoms with Gasteiger partial charge in [0.15, 0.2) is 0 Å². The largest absolute Gasteiger partial charge is 0.497 e. The first-order chi connectivity index (χ1) is 17.7. The van der Waals surface area contributed by atoms with Crippen molar-refractivity contribution in [1.29, 1.82) is 0 Å². The van der Waals surface area contributed by atoms with E-state index in [9.17, 15) is 31.2 Å². The number of sulfonamides is 1. The summed E-state index contributed by atoms with van der Waals surface area (Å²) in [4.78, 5) is 27.7. The number of ether oxygens (including phenoxy) is 1. The van der Waals surface area contributed by atoms with Gasteiger partial charge in [0.05, 0.1) is 29.6 Å². The summed E-state index contributed by atoms with van der Waals surface area (Å²) < 4.78 is 71.3. The molecule has 0 radical (unpaired) electrons. The van der Waals surface area contributed by atoms with Gasteiger partial charge in [0.2, 0.25) is 21.8 Å². The minimum Gasteiger partial charge on any atom is -0.497 e. The SMILES string of the molecule is CCCNC(=O)[C@H](CC)N(Cc1ccc(OC)cc1)C(=O)CN(c1ccc(Cl)c(C(F)(F)F)c1)S(C)(=O)=O. The highest BCUT2D eigenvalue weighted by atomic mass is 35.5. The number of hydrogen-bond acceptors (Lipinski definition) is 5. The molecule has 0 saturated heterocycles. The Morgan fingerprint density at radius 1 is 1.11 bits per heavy atom. The minimum atomic E-state index is -4.84. The highest BCUT2D eigenvalue weighted by Gasteiger charge is 2.36. The topological polar surface area (TPSA) is 96.0 Å². The second kappa shape index (κ2) is 13.2. The first-order valence-corrected chi connectivity index (χ1v) is 14.0. The zero-order chi connectivity index (χ0) is 28.7. The zero-order valence-corrected chi connectivity index (χ0v) is 23.1. The molecule has 0 saturated carbocycles. The molecule has 0 bridgehead atoms. The molecule has 0 unspecified atom stereocenters. The van der Waals surface area contributed by atoms with Crippen LogP contribution in [0.5, 0.6) is 5.75 Å². The molecular weight excluding hydrogens is 547 g/mol. The summed E-state index contributed by atoms with van der Waals surface area (Å²) in [6, 6.07) is 8.37. The number of halogens is 4. The van der Waals surface area contributed by atoms with Crippen LogP contribution in [-0.4, -0.2) is 57.6 Å². The molecule has 0 heterocycles. The number of methoxy groups -OCH3 is 1. The van der Waals surface area contributed by atoms with E-state index in [1.165, 1.54) is 12.0 Å². The van der Waals surface area contributed by atoms with E-state index in [0.717, 1.165) is 18.4 Å². The van der Waals surface area contributed by atoms with E-state index in [0.29, 0.717) is 34.7 Å². The number of alkyl halides is 3. The summed E-state index contributed by atoms with van der Waals surface area (Å²) >= 11 is 5.69. The van der Waals surface area contributed by atoms with E-state index in [-0.39, 0.29) is 18.7 Å². The molecule has 1 atom stereocenters. The van der Waals surface area contributed by atoms with Crippen LogP contribution in [0.4, 0.5) is 18.9 Å². The highest BCUT2D eigenvalue weighted by Crippen LogP contribution is 2.37. The van der Waals surface area contributed by atoms with Gasteiger partial charge in [-0.15, -0.1) is 0 Å². The monoisotopic (exact) mass is 577 g/mol. The number of nitrogens with zero attached hydrogens (tertiary/aromatic N) is 2. The molecular formula is C25H31ClF3N3O5S. The summed E-state index contributed by atoms with van der Waals surface area (Å²) in [7, 11) is -2.72. The van der Waals surface area contributed by atoms with Gasteiger partial charge < -0.3 is 15.0 Å². The smallest absolute Gasteiger partial charge is 0.417 e. The molecule has 0 aromatic heterocycles. The molecule has 0 aliphatic heterocycles. The molecule has 0 spiro atoms. The molecule has 13 heteroatoms. The van der Waals surface area contributed by atoms with Crippen LogP contribution in [0.1, 0.15) is 37.8 Å². The second-order valence-electron chi connectivity index (χ2n) is 8.52. The van der Waals surface area contributed by atoms with E-state index >= 15 is 0 Å². The van der Waals surface area contributed by atoms with Gasteiger partial charge in [0.1, 0.15) is 18.3 Å². The number of nitrogens with one attached hydrogen (secondary N) is 1. The van der Waals surface area contributed by atoms with Gasteiger partial charge in [0.25, 0.3) is 0 Å². The maximum Gasteiger partial charge on any atom is 0.417 e. The Balaban J connectivity index is 2.50. The Morgan fingerprint density at radius 2 is 1.74 bits per heavy atom. The molecule has 2 aromatic rings. The Morgan fingerprint density at radius 3 is 2.24 bits per heavy atom. The summed E-state index contributed by atoms with van der Waals surface area (Å²) in [6.07, 6.45) is -3.18. The van der Waals surface area contributed by atoms with Crippen LogP contribution in [0.3, 0.4) is 0 Å². The van der Waals surface area contributed by atoms with Crippen LogP contribution in [0.25, 0.3) is 0 Å². The Labute approximate surface area is 225 Å². The van der Waals surface area contributed by atoms with E-state index in [1.807, 2.05) is 6.92 Å². The van der Waals surface area contributed by atoms with Crippen LogP contribution in [0.2, 0.25) is 5.02 Å². The van der Waals surface area contributed by atoms with Crippen molar-refractivity contribution in [1.82, 2.24) is 10.2 Å². The van der Waals surface area contributed by atoms with Crippen molar-refractivity contribution in [2.45, 2.75) is 45.5 Å². The number of anilines is 1. The van der Waals surface area contributed by atoms with Crippen molar-refractivity contribution in [2.75, 3.05) is 30.8 Å². The first kappa shape index (κ1) is 31.2. The molecule has 0 aliphatic rings. The Bertz CT molecular complexity index is 1220. The molecule has 0 aliphatic carbocycles. The van der Waals surface area contributed by atoms with Crippen molar-refractivity contribution in [2.24, 2.45) is 0 Å². The lowest BCUT2D eigenvalue weighted by Crippen LogP contribution is -2.52. The maximum absolute atomic E-state index is 13.6. The Kier molecular flexibility index (Phi) is 10.8. The fraction of sp³-hybridized carbons (Fsp3) is 0.440. The quantitative estimate of drug-likeness (QED) is 0.402. The fourth-order valence-electron chi connectivity index (χ4n) is 3.71. The standard InChI is InChI=1S/C25H31ClF3N3O5S/c1-5-13-30-24(34)22(6-2)31(15-17-7-10-19(37-3)11-8-17)23(33)16-32(38(4,35)36)18-9-12-21(26)20(14-18)25(27,28)29/h7-12,14,22H,5-6,13,15-16H2,1-4H3,(H,30,34)/t22-/m0/s1. The molecule has 1 N–H and O–H groups in total. The molecule has 2 aromatic carbocycles. The predicted molar refractivity (Wildman–Crippen MR) is 140 cm³/mol. The van der Waals surface area contributed by atoms with Crippen LogP contribution in [0.15, 0.2) is 42.5 Å². The summed E-state index contributed by atoms with van der Waals surface area (Å²) in [6.45, 7) is 3.07. The van der Waals surface area contributed by atoms with Gasteiger partial charge in [-0.25, -0.2) is 8.42 Å². The highest BCUT2D eigenvalue weighted by molar-refractivity contribution is 7.92. The number of benzene rings is 2. The maximum atomic E-state index is 13.6. The number of hydrogen-bond donors (Lipinski definition) is 1. The van der Waals surface area contributed by atoms with Gasteiger partial charge in [0, 0.05) is 13.1 Å². The van der Waals surface area contributed by atoms with Crippen LogP contribution in [-0.2, 0) is 32.3 Å². The van der Waals surface area contributed by atoms with Gasteiger partial charge in [-0.2, -0.15) is 13.2 Å². The Hall–Kier alpha value is -2.99. The van der Waals surface area contributed by atoms with Crippen molar-refractivity contribution in [3.63, 3.8) is 0 Å². The van der Waals surface area contributed by atoms with Crippen LogP contribution in [0, 0.1) is 0 Å². The average molecular weight is 578 g/mol. The summed E-state index contributed by atoms with van der Waals surface area (Å²) in [5.74, 6) is -0.618. The van der Waals surface area contributed by atoms with E-state index in [1.54, 1.807) is 31.2 Å². The zero-order valence-electron chi connectivity index (χ0n) is 21.5. The molecule has 210 valence electrons. The van der Waals surface area contributed by atoms with Crippen LogP contribution < -0.4 is 14.4 Å². The lowest BCUT2D eigenvalue weighted by Gasteiger charge is -2.33. The average Bonchev–Trinajstić information content (AvgIpc) is 2.85. The summed E-state index contributed by atoms with van der Waals surface area (Å²) in [5, 5.41) is 2.13. The fourth-order valence-corrected chi connectivity index (χ4v) is 4.78. The number of carbonyl (C=O) groups excluding carboxylic acids is 2. The normalized spacial score (nSPS) is 12.5. The van der Waals surface area contributed by atoms with Crippen molar-refractivity contribution in [3.8, 4) is 5.75 Å². The van der Waals surface area contributed by atoms with Crippen LogP contribution >= 0.6 is 11.6 Å². The van der Waals surface area contributed by atoms with Gasteiger partial charge in [-0.3, -0.25) is 13.9 Å². The number of amides is 2. The third-order valence-electron chi connectivity index (χ3n) is 5.67. The molecule has 2 amide bonds. The van der Waals surface area contributed by atoms with E-state index < -0.39 is 51.2 Å². The third kappa shape index (κ3) is 8.26. The first-order valence-electron chi connectivity index (χ1n) is 11.8. The lowest BCUT2D eigenvalue weighted by molar-refractivity contribution is -0.140. The molecule has 2 rings (SSSR count). The molecule has 0 fully saturated rings. The molecule has 8 nitrogen and oxygen atoms in total. The molecule has 38 heavy (non-hydrogen) atoms. The second-order valence-corrected chi connectivity index (χ2v) is 10.8. The minimum absolute atomic E-state index is 0.0487. The van der Waals surface area contributed by atoms with Gasteiger partial charge in [-0.05, 0) is 48.7 Å². The third-order valence-corrected chi connectivity index (χ3v) is 7.14. The number of carbonyl (C=O) groups is 2. The van der Waals surface area contributed by atoms with Crippen molar-refractivity contribution < 1.29 is 35.9 Å². The van der Waals surface area contributed by atoms with E-state index in [2.05, 4.69) is 5.32 Å².